The molecule has 2 N–H and O–H groups in total. The topological polar surface area (TPSA) is 64.9 Å². The Morgan fingerprint density at radius 2 is 2.10 bits per heavy atom. The highest BCUT2D eigenvalue weighted by atomic mass is 19.4. The van der Waals surface area contributed by atoms with Crippen molar-refractivity contribution in [2.75, 3.05) is 18.4 Å². The van der Waals surface area contributed by atoms with Crippen LogP contribution < -0.4 is 10.6 Å². The molecule has 0 heterocycles. The number of carbonyl (C=O) groups excluding carboxylic acids is 1. The number of rotatable bonds is 5. The fraction of sp³-hybridized carbons (Fsp3) is 0.385. The molecule has 1 aromatic rings. The summed E-state index contributed by atoms with van der Waals surface area (Å²) < 4.78 is 37.5. The Bertz CT molecular complexity index is 521. The lowest BCUT2D eigenvalue weighted by Crippen LogP contribution is -2.28. The third kappa shape index (κ3) is 4.55. The number of amides is 1. The third-order valence-corrected chi connectivity index (χ3v) is 2.45. The molecule has 0 aliphatic carbocycles. The maximum Gasteiger partial charge on any atom is 0.416 e. The van der Waals surface area contributed by atoms with E-state index in [-0.39, 0.29) is 17.8 Å². The number of halogens is 3. The van der Waals surface area contributed by atoms with Crippen LogP contribution >= 0.6 is 0 Å². The molecule has 1 aromatic carbocycles. The number of anilines is 1. The zero-order valence-electron chi connectivity index (χ0n) is 10.8. The zero-order valence-corrected chi connectivity index (χ0v) is 10.8. The van der Waals surface area contributed by atoms with Gasteiger partial charge in [0.15, 0.2) is 0 Å². The summed E-state index contributed by atoms with van der Waals surface area (Å²) in [6, 6.07) is 4.27. The van der Waals surface area contributed by atoms with E-state index >= 15 is 0 Å². The van der Waals surface area contributed by atoms with Gasteiger partial charge in [0.1, 0.15) is 6.07 Å². The molecule has 1 rings (SSSR count). The predicted molar refractivity (Wildman–Crippen MR) is 67.9 cm³/mol. The predicted octanol–water partition coefficient (Wildman–Crippen LogP) is 2.52. The fourth-order valence-electron chi connectivity index (χ4n) is 1.50. The second-order valence-electron chi connectivity index (χ2n) is 4.09. The Morgan fingerprint density at radius 1 is 1.40 bits per heavy atom. The number of benzene rings is 1. The largest absolute Gasteiger partial charge is 0.416 e. The first-order valence-corrected chi connectivity index (χ1v) is 6.00. The molecule has 0 fully saturated rings. The maximum absolute atomic E-state index is 12.5. The minimum absolute atomic E-state index is 0.0414. The van der Waals surface area contributed by atoms with E-state index < -0.39 is 17.6 Å². The summed E-state index contributed by atoms with van der Waals surface area (Å²) in [6.07, 6.45) is -3.66. The lowest BCUT2D eigenvalue weighted by atomic mass is 10.1. The van der Waals surface area contributed by atoms with E-state index in [9.17, 15) is 18.0 Å². The lowest BCUT2D eigenvalue weighted by Gasteiger charge is -2.11. The van der Waals surface area contributed by atoms with Gasteiger partial charge >= 0.3 is 6.18 Å². The number of carbonyl (C=O) groups is 1. The molecule has 0 aliphatic heterocycles. The van der Waals surface area contributed by atoms with Crippen molar-refractivity contribution < 1.29 is 18.0 Å². The summed E-state index contributed by atoms with van der Waals surface area (Å²) in [5.74, 6) is -0.408. The molecule has 0 unspecified atom stereocenters. The molecule has 0 aromatic heterocycles. The van der Waals surface area contributed by atoms with Gasteiger partial charge in [0.05, 0.1) is 23.4 Å². The van der Waals surface area contributed by atoms with Gasteiger partial charge < -0.3 is 10.6 Å². The standard InChI is InChI=1S/C13H14F3N3O/c1-2-5-18-8-12(20)19-11-4-3-10(13(14,15)16)6-9(11)7-17/h3-4,6,18H,2,5,8H2,1H3,(H,19,20). The first-order chi connectivity index (χ1) is 9.38. The van der Waals surface area contributed by atoms with Crippen LogP contribution in [-0.2, 0) is 11.0 Å². The minimum atomic E-state index is -4.52. The highest BCUT2D eigenvalue weighted by Gasteiger charge is 2.31. The van der Waals surface area contributed by atoms with Gasteiger partial charge in [0.2, 0.25) is 5.91 Å². The number of nitriles is 1. The van der Waals surface area contributed by atoms with E-state index in [4.69, 9.17) is 5.26 Å². The van der Waals surface area contributed by atoms with Crippen LogP contribution in [0.3, 0.4) is 0 Å². The summed E-state index contributed by atoms with van der Waals surface area (Å²) in [6.45, 7) is 2.64. The van der Waals surface area contributed by atoms with Gasteiger partial charge in [0.25, 0.3) is 0 Å². The smallest absolute Gasteiger partial charge is 0.324 e. The Hall–Kier alpha value is -2.07. The molecule has 0 spiro atoms. The van der Waals surface area contributed by atoms with Crippen LogP contribution in [0, 0.1) is 11.3 Å². The highest BCUT2D eigenvalue weighted by molar-refractivity contribution is 5.93. The van der Waals surface area contributed by atoms with E-state index in [1.54, 1.807) is 6.07 Å². The molecule has 20 heavy (non-hydrogen) atoms. The summed E-state index contributed by atoms with van der Waals surface area (Å²) in [5.41, 5.74) is -1.07. The summed E-state index contributed by atoms with van der Waals surface area (Å²) in [5, 5.41) is 14.1. The van der Waals surface area contributed by atoms with Gasteiger partial charge in [-0.2, -0.15) is 18.4 Å². The Kier molecular flexibility index (Phi) is 5.53. The second-order valence-corrected chi connectivity index (χ2v) is 4.09. The average Bonchev–Trinajstić information content (AvgIpc) is 2.38. The molecule has 0 radical (unpaired) electrons. The molecule has 0 bridgehead atoms. The van der Waals surface area contributed by atoms with Crippen molar-refractivity contribution in [3.05, 3.63) is 29.3 Å². The van der Waals surface area contributed by atoms with Crippen LogP contribution in [-0.4, -0.2) is 19.0 Å². The SMILES string of the molecule is CCCNCC(=O)Nc1ccc(C(F)(F)F)cc1C#N. The summed E-state index contributed by atoms with van der Waals surface area (Å²) >= 11 is 0. The van der Waals surface area contributed by atoms with E-state index in [1.165, 1.54) is 0 Å². The number of nitrogens with one attached hydrogen (secondary N) is 2. The number of hydrogen-bond donors (Lipinski definition) is 2. The van der Waals surface area contributed by atoms with Crippen LogP contribution in [0.1, 0.15) is 24.5 Å². The van der Waals surface area contributed by atoms with Crippen molar-refractivity contribution in [3.8, 4) is 6.07 Å². The summed E-state index contributed by atoms with van der Waals surface area (Å²) in [7, 11) is 0. The van der Waals surface area contributed by atoms with Crippen LogP contribution in [0.15, 0.2) is 18.2 Å². The quantitative estimate of drug-likeness (QED) is 0.817. The molecule has 1 amide bonds. The van der Waals surface area contributed by atoms with Gasteiger partial charge in [0, 0.05) is 0 Å². The van der Waals surface area contributed by atoms with Crippen molar-refractivity contribution in [1.82, 2.24) is 5.32 Å². The van der Waals surface area contributed by atoms with E-state index in [0.717, 1.165) is 24.6 Å². The maximum atomic E-state index is 12.5. The van der Waals surface area contributed by atoms with Gasteiger partial charge in [-0.1, -0.05) is 6.92 Å². The van der Waals surface area contributed by atoms with Gasteiger partial charge in [-0.15, -0.1) is 0 Å². The van der Waals surface area contributed by atoms with Gasteiger partial charge in [-0.25, -0.2) is 0 Å². The minimum Gasteiger partial charge on any atom is -0.324 e. The van der Waals surface area contributed by atoms with E-state index in [0.29, 0.717) is 6.54 Å². The number of nitrogens with zero attached hydrogens (tertiary/aromatic N) is 1. The summed E-state index contributed by atoms with van der Waals surface area (Å²) in [4.78, 5) is 11.5. The Balaban J connectivity index is 2.81. The molecule has 7 heteroatoms. The Morgan fingerprint density at radius 3 is 2.65 bits per heavy atom. The van der Waals surface area contributed by atoms with Crippen molar-refractivity contribution in [3.63, 3.8) is 0 Å². The first-order valence-electron chi connectivity index (χ1n) is 6.00. The lowest BCUT2D eigenvalue weighted by molar-refractivity contribution is -0.137. The number of alkyl halides is 3. The van der Waals surface area contributed by atoms with Crippen molar-refractivity contribution in [2.45, 2.75) is 19.5 Å². The van der Waals surface area contributed by atoms with Crippen LogP contribution in [0.5, 0.6) is 0 Å². The third-order valence-electron chi connectivity index (χ3n) is 2.45. The first kappa shape index (κ1) is 16.0. The normalized spacial score (nSPS) is 10.9. The van der Waals surface area contributed by atoms with Crippen LogP contribution in [0.2, 0.25) is 0 Å². The monoisotopic (exact) mass is 285 g/mol. The molecule has 108 valence electrons. The highest BCUT2D eigenvalue weighted by Crippen LogP contribution is 2.31. The molecule has 0 saturated carbocycles. The van der Waals surface area contributed by atoms with Crippen molar-refractivity contribution >= 4 is 11.6 Å². The van der Waals surface area contributed by atoms with Crippen LogP contribution in [0.4, 0.5) is 18.9 Å². The van der Waals surface area contributed by atoms with Crippen molar-refractivity contribution in [2.24, 2.45) is 0 Å². The Labute approximate surface area is 114 Å². The molecule has 0 atom stereocenters. The zero-order chi connectivity index (χ0) is 15.2. The molecule has 0 saturated heterocycles. The van der Waals surface area contributed by atoms with Gasteiger partial charge in [-0.05, 0) is 31.2 Å². The van der Waals surface area contributed by atoms with Crippen molar-refractivity contribution in [1.29, 1.82) is 5.26 Å². The van der Waals surface area contributed by atoms with Crippen LogP contribution in [0.25, 0.3) is 0 Å². The average molecular weight is 285 g/mol. The molecule has 4 nitrogen and oxygen atoms in total. The van der Waals surface area contributed by atoms with E-state index in [2.05, 4.69) is 10.6 Å². The fourth-order valence-corrected chi connectivity index (χ4v) is 1.50. The van der Waals surface area contributed by atoms with E-state index in [1.807, 2.05) is 6.92 Å². The number of hydrogen-bond acceptors (Lipinski definition) is 3. The molecule has 0 aliphatic rings. The van der Waals surface area contributed by atoms with Gasteiger partial charge in [-0.3, -0.25) is 4.79 Å². The molecular formula is C13H14F3N3O. The second kappa shape index (κ2) is 6.91. The molecular weight excluding hydrogens is 271 g/mol.